The number of halogens is 1. The number of amides is 2. The van der Waals surface area contributed by atoms with E-state index in [9.17, 15) is 9.59 Å². The maximum Gasteiger partial charge on any atom is 0.253 e. The second-order valence-electron chi connectivity index (χ2n) is 6.64. The van der Waals surface area contributed by atoms with E-state index in [1.54, 1.807) is 29.2 Å². The Morgan fingerprint density at radius 2 is 1.96 bits per heavy atom. The lowest BCUT2D eigenvalue weighted by atomic mass is 9.96. The summed E-state index contributed by atoms with van der Waals surface area (Å²) in [5.74, 6) is -0.260. The molecular formula is C21H23ClN2O2. The summed E-state index contributed by atoms with van der Waals surface area (Å²) >= 11 is 5.89. The lowest BCUT2D eigenvalue weighted by Gasteiger charge is -2.32. The van der Waals surface area contributed by atoms with Gasteiger partial charge in [-0.2, -0.15) is 0 Å². The lowest BCUT2D eigenvalue weighted by Crippen LogP contribution is -2.43. The monoisotopic (exact) mass is 370 g/mol. The summed E-state index contributed by atoms with van der Waals surface area (Å²) in [6, 6.07) is 14.8. The first-order valence-electron chi connectivity index (χ1n) is 9.01. The second kappa shape index (κ2) is 8.37. The Morgan fingerprint density at radius 3 is 2.69 bits per heavy atom. The minimum atomic E-state index is -0.190. The van der Waals surface area contributed by atoms with Crippen LogP contribution in [0.5, 0.6) is 0 Å². The highest BCUT2D eigenvalue weighted by molar-refractivity contribution is 6.30. The Bertz CT molecular complexity index is 789. The van der Waals surface area contributed by atoms with Crippen LogP contribution in [0.25, 0.3) is 0 Å². The fraction of sp³-hybridized carbons (Fsp3) is 0.333. The fourth-order valence-electron chi connectivity index (χ4n) is 3.26. The molecule has 2 aromatic rings. The van der Waals surface area contributed by atoms with Crippen LogP contribution in [0.4, 0.5) is 5.69 Å². The number of likely N-dealkylation sites (tertiary alicyclic amines) is 1. The third-order valence-corrected chi connectivity index (χ3v) is 5.03. The largest absolute Gasteiger partial charge is 0.338 e. The van der Waals surface area contributed by atoms with Gasteiger partial charge in [-0.15, -0.1) is 0 Å². The molecule has 0 spiro atoms. The summed E-state index contributed by atoms with van der Waals surface area (Å²) in [6.45, 7) is 3.21. The third kappa shape index (κ3) is 4.44. The van der Waals surface area contributed by atoms with Gasteiger partial charge in [-0.05, 0) is 61.2 Å². The molecule has 1 N–H and O–H groups in total. The van der Waals surface area contributed by atoms with Gasteiger partial charge >= 0.3 is 0 Å². The molecular weight excluding hydrogens is 348 g/mol. The van der Waals surface area contributed by atoms with Gasteiger partial charge in [0.1, 0.15) is 0 Å². The van der Waals surface area contributed by atoms with Gasteiger partial charge in [0.2, 0.25) is 5.91 Å². The summed E-state index contributed by atoms with van der Waals surface area (Å²) in [7, 11) is 0. The molecule has 136 valence electrons. The predicted octanol–water partition coefficient (Wildman–Crippen LogP) is 4.39. The zero-order chi connectivity index (χ0) is 18.5. The maximum atomic E-state index is 12.7. The molecule has 3 rings (SSSR count). The number of carbonyl (C=O) groups excluding carboxylic acids is 2. The number of aryl methyl sites for hydroxylation is 1. The van der Waals surface area contributed by atoms with Gasteiger partial charge in [-0.3, -0.25) is 9.59 Å². The summed E-state index contributed by atoms with van der Waals surface area (Å²) in [4.78, 5) is 27.1. The smallest absolute Gasteiger partial charge is 0.253 e. The normalized spacial score (nSPS) is 17.0. The van der Waals surface area contributed by atoms with Gasteiger partial charge < -0.3 is 10.2 Å². The van der Waals surface area contributed by atoms with Gasteiger partial charge in [-0.25, -0.2) is 0 Å². The molecule has 1 atom stereocenters. The molecule has 1 saturated heterocycles. The van der Waals surface area contributed by atoms with Crippen molar-refractivity contribution < 1.29 is 9.59 Å². The number of nitrogens with zero attached hydrogens (tertiary/aromatic N) is 1. The van der Waals surface area contributed by atoms with Crippen LogP contribution in [0.1, 0.15) is 35.7 Å². The Labute approximate surface area is 159 Å². The Hall–Kier alpha value is -2.33. The highest BCUT2D eigenvalue weighted by Gasteiger charge is 2.29. The van der Waals surface area contributed by atoms with Gasteiger partial charge in [-0.1, -0.05) is 30.7 Å². The first-order chi connectivity index (χ1) is 12.6. The maximum absolute atomic E-state index is 12.7. The first kappa shape index (κ1) is 18.5. The number of hydrogen-bond acceptors (Lipinski definition) is 2. The van der Waals surface area contributed by atoms with Crippen molar-refractivity contribution in [3.05, 3.63) is 64.7 Å². The van der Waals surface area contributed by atoms with E-state index in [1.807, 2.05) is 24.3 Å². The minimum absolute atomic E-state index is 0.0214. The van der Waals surface area contributed by atoms with Crippen LogP contribution < -0.4 is 5.32 Å². The minimum Gasteiger partial charge on any atom is -0.338 e. The van der Waals surface area contributed by atoms with E-state index in [-0.39, 0.29) is 17.7 Å². The molecule has 1 aliphatic rings. The van der Waals surface area contributed by atoms with E-state index in [0.29, 0.717) is 23.7 Å². The summed E-state index contributed by atoms with van der Waals surface area (Å²) in [5.41, 5.74) is 2.60. The number of anilines is 1. The van der Waals surface area contributed by atoms with Crippen molar-refractivity contribution >= 4 is 29.1 Å². The standard InChI is InChI=1S/C21H23ClN2O2/c1-2-15-5-3-7-19(13-15)23-20(25)17-6-4-12-24(14-17)21(26)16-8-10-18(22)11-9-16/h3,5,7-11,13,17H,2,4,6,12,14H2,1H3,(H,23,25)/t17-/m1/s1. The third-order valence-electron chi connectivity index (χ3n) is 4.77. The molecule has 5 heteroatoms. The zero-order valence-electron chi connectivity index (χ0n) is 14.9. The number of hydrogen-bond donors (Lipinski definition) is 1. The quantitative estimate of drug-likeness (QED) is 0.867. The molecule has 0 bridgehead atoms. The number of nitrogens with one attached hydrogen (secondary N) is 1. The molecule has 1 aliphatic heterocycles. The van der Waals surface area contributed by atoms with Crippen molar-refractivity contribution in [3.8, 4) is 0 Å². The molecule has 2 amide bonds. The molecule has 4 nitrogen and oxygen atoms in total. The average molecular weight is 371 g/mol. The van der Waals surface area contributed by atoms with Crippen LogP contribution in [0.3, 0.4) is 0 Å². The highest BCUT2D eigenvalue weighted by atomic mass is 35.5. The number of rotatable bonds is 4. The van der Waals surface area contributed by atoms with E-state index in [0.717, 1.165) is 24.9 Å². The first-order valence-corrected chi connectivity index (χ1v) is 9.39. The second-order valence-corrected chi connectivity index (χ2v) is 7.08. The van der Waals surface area contributed by atoms with Crippen LogP contribution in [-0.4, -0.2) is 29.8 Å². The van der Waals surface area contributed by atoms with E-state index >= 15 is 0 Å². The van der Waals surface area contributed by atoms with Crippen molar-refractivity contribution in [2.45, 2.75) is 26.2 Å². The Morgan fingerprint density at radius 1 is 1.19 bits per heavy atom. The molecule has 0 unspecified atom stereocenters. The Kier molecular flexibility index (Phi) is 5.94. The van der Waals surface area contributed by atoms with E-state index in [2.05, 4.69) is 12.2 Å². The van der Waals surface area contributed by atoms with E-state index < -0.39 is 0 Å². The lowest BCUT2D eigenvalue weighted by molar-refractivity contribution is -0.121. The zero-order valence-corrected chi connectivity index (χ0v) is 15.6. The van der Waals surface area contributed by atoms with Crippen molar-refractivity contribution in [2.24, 2.45) is 5.92 Å². The molecule has 0 aliphatic carbocycles. The van der Waals surface area contributed by atoms with Crippen LogP contribution >= 0.6 is 11.6 Å². The van der Waals surface area contributed by atoms with E-state index in [1.165, 1.54) is 5.56 Å². The molecule has 0 radical (unpaired) electrons. The Balaban J connectivity index is 1.64. The average Bonchev–Trinajstić information content (AvgIpc) is 2.68. The van der Waals surface area contributed by atoms with Crippen LogP contribution in [-0.2, 0) is 11.2 Å². The summed E-state index contributed by atoms with van der Waals surface area (Å²) in [6.07, 6.45) is 2.55. The molecule has 2 aromatic carbocycles. The van der Waals surface area contributed by atoms with Gasteiger partial charge in [0, 0.05) is 29.4 Å². The van der Waals surface area contributed by atoms with Crippen LogP contribution in [0.15, 0.2) is 48.5 Å². The number of carbonyl (C=O) groups is 2. The highest BCUT2D eigenvalue weighted by Crippen LogP contribution is 2.21. The molecule has 0 aromatic heterocycles. The molecule has 1 fully saturated rings. The molecule has 1 heterocycles. The predicted molar refractivity (Wildman–Crippen MR) is 105 cm³/mol. The van der Waals surface area contributed by atoms with E-state index in [4.69, 9.17) is 11.6 Å². The van der Waals surface area contributed by atoms with Crippen LogP contribution in [0, 0.1) is 5.92 Å². The summed E-state index contributed by atoms with van der Waals surface area (Å²) < 4.78 is 0. The van der Waals surface area contributed by atoms with Gasteiger partial charge in [0.05, 0.1) is 5.92 Å². The van der Waals surface area contributed by atoms with Crippen molar-refractivity contribution in [2.75, 3.05) is 18.4 Å². The molecule has 0 saturated carbocycles. The summed E-state index contributed by atoms with van der Waals surface area (Å²) in [5, 5.41) is 3.60. The van der Waals surface area contributed by atoms with Gasteiger partial charge in [0.15, 0.2) is 0 Å². The molecule has 26 heavy (non-hydrogen) atoms. The SMILES string of the molecule is CCc1cccc(NC(=O)[C@@H]2CCCN(C(=O)c3ccc(Cl)cc3)C2)c1. The number of benzene rings is 2. The fourth-order valence-corrected chi connectivity index (χ4v) is 3.39. The van der Waals surface area contributed by atoms with Crippen molar-refractivity contribution in [1.82, 2.24) is 4.90 Å². The van der Waals surface area contributed by atoms with Crippen LogP contribution in [0.2, 0.25) is 5.02 Å². The van der Waals surface area contributed by atoms with Crippen molar-refractivity contribution in [1.29, 1.82) is 0 Å². The van der Waals surface area contributed by atoms with Gasteiger partial charge in [0.25, 0.3) is 5.91 Å². The number of piperidine rings is 1. The topological polar surface area (TPSA) is 49.4 Å². The van der Waals surface area contributed by atoms with Crippen molar-refractivity contribution in [3.63, 3.8) is 0 Å².